The molecule has 0 saturated heterocycles. The molecule has 0 fully saturated rings. The smallest absolute Gasteiger partial charge is 0.415 e. The van der Waals surface area contributed by atoms with Crippen molar-refractivity contribution in [2.45, 2.75) is 51.6 Å². The van der Waals surface area contributed by atoms with Crippen molar-refractivity contribution < 1.29 is 17.6 Å². The van der Waals surface area contributed by atoms with Crippen LogP contribution in [0.15, 0.2) is 12.5 Å². The molecule has 0 spiro atoms. The first kappa shape index (κ1) is 16.2. The first-order valence-electron chi connectivity index (χ1n) is 6.16. The molecule has 0 radical (unpaired) electrons. The highest BCUT2D eigenvalue weighted by atomic mass is 28.4. The molecule has 7 heteroatoms. The highest BCUT2D eigenvalue weighted by Crippen LogP contribution is 2.36. The van der Waals surface area contributed by atoms with Crippen molar-refractivity contribution in [3.8, 4) is 0 Å². The van der Waals surface area contributed by atoms with Crippen LogP contribution in [0.25, 0.3) is 0 Å². The van der Waals surface area contributed by atoms with Crippen LogP contribution in [0.4, 0.5) is 13.2 Å². The summed E-state index contributed by atoms with van der Waals surface area (Å²) in [5, 5.41) is 0.0504. The van der Waals surface area contributed by atoms with Gasteiger partial charge in [0.25, 0.3) is 0 Å². The van der Waals surface area contributed by atoms with Gasteiger partial charge >= 0.3 is 6.18 Å². The third-order valence-corrected chi connectivity index (χ3v) is 8.14. The third kappa shape index (κ3) is 4.07. The minimum absolute atomic E-state index is 0.0504. The molecule has 1 heterocycles. The molecule has 0 atom stereocenters. The van der Waals surface area contributed by atoms with Gasteiger partial charge in [0, 0.05) is 6.54 Å². The second-order valence-electron chi connectivity index (χ2n) is 6.08. The second-order valence-corrected chi connectivity index (χ2v) is 10.9. The summed E-state index contributed by atoms with van der Waals surface area (Å²) in [5.41, 5.74) is -0.730. The number of hydrogen-bond acceptors (Lipinski definition) is 2. The number of alkyl halides is 3. The second kappa shape index (κ2) is 5.28. The van der Waals surface area contributed by atoms with E-state index in [1.54, 1.807) is 0 Å². The lowest BCUT2D eigenvalue weighted by Crippen LogP contribution is -2.41. The summed E-state index contributed by atoms with van der Waals surface area (Å²) >= 11 is 0. The zero-order valence-corrected chi connectivity index (χ0v) is 13.0. The van der Waals surface area contributed by atoms with Crippen molar-refractivity contribution in [1.29, 1.82) is 0 Å². The fraction of sp³-hybridized carbons (Fsp3) is 0.750. The van der Waals surface area contributed by atoms with Gasteiger partial charge < -0.3 is 8.99 Å². The van der Waals surface area contributed by atoms with E-state index in [1.165, 1.54) is 6.33 Å². The molecule has 0 N–H and O–H groups in total. The van der Waals surface area contributed by atoms with Crippen LogP contribution >= 0.6 is 0 Å². The molecule has 0 aromatic carbocycles. The van der Waals surface area contributed by atoms with Gasteiger partial charge in [0.1, 0.15) is 5.69 Å². The normalized spacial score (nSPS) is 13.9. The monoisotopic (exact) mass is 294 g/mol. The molecule has 0 bridgehead atoms. The van der Waals surface area contributed by atoms with E-state index in [1.807, 2.05) is 0 Å². The molecule has 0 unspecified atom stereocenters. The molecule has 3 nitrogen and oxygen atoms in total. The minimum atomic E-state index is -4.37. The third-order valence-electron chi connectivity index (χ3n) is 3.60. The van der Waals surface area contributed by atoms with Gasteiger partial charge in [-0.15, -0.1) is 0 Å². The lowest BCUT2D eigenvalue weighted by atomic mass is 10.2. The lowest BCUT2D eigenvalue weighted by molar-refractivity contribution is -0.143. The summed E-state index contributed by atoms with van der Waals surface area (Å²) in [6.45, 7) is 10.9. The van der Waals surface area contributed by atoms with Crippen LogP contribution in [-0.2, 0) is 17.1 Å². The van der Waals surface area contributed by atoms with Gasteiger partial charge in [0.2, 0.25) is 0 Å². The quantitative estimate of drug-likeness (QED) is 0.787. The van der Waals surface area contributed by atoms with E-state index in [-0.39, 0.29) is 18.2 Å². The Morgan fingerprint density at radius 1 is 1.26 bits per heavy atom. The fourth-order valence-corrected chi connectivity index (χ4v) is 2.39. The molecular weight excluding hydrogens is 273 g/mol. The number of aromatic nitrogens is 2. The topological polar surface area (TPSA) is 27.1 Å². The number of rotatable bonds is 4. The average molecular weight is 294 g/mol. The molecule has 110 valence electrons. The van der Waals surface area contributed by atoms with Crippen LogP contribution in [0.5, 0.6) is 0 Å². The van der Waals surface area contributed by atoms with Crippen LogP contribution < -0.4 is 0 Å². The minimum Gasteiger partial charge on any atom is -0.415 e. The van der Waals surface area contributed by atoms with Crippen molar-refractivity contribution in [2.24, 2.45) is 0 Å². The molecule has 0 aliphatic rings. The van der Waals surface area contributed by atoms with E-state index < -0.39 is 20.2 Å². The van der Waals surface area contributed by atoms with Crippen LogP contribution in [0.1, 0.15) is 26.5 Å². The zero-order valence-electron chi connectivity index (χ0n) is 12.0. The van der Waals surface area contributed by atoms with Gasteiger partial charge in [0.15, 0.2) is 8.32 Å². The maximum Gasteiger partial charge on any atom is 0.432 e. The van der Waals surface area contributed by atoms with Crippen molar-refractivity contribution in [3.63, 3.8) is 0 Å². The van der Waals surface area contributed by atoms with E-state index in [2.05, 4.69) is 38.8 Å². The molecule has 1 rings (SSSR count). The van der Waals surface area contributed by atoms with Crippen LogP contribution in [0.3, 0.4) is 0 Å². The Kier molecular flexibility index (Phi) is 4.51. The van der Waals surface area contributed by atoms with E-state index in [0.29, 0.717) is 0 Å². The molecule has 0 aliphatic carbocycles. The Bertz CT molecular complexity index is 421. The van der Waals surface area contributed by atoms with Gasteiger partial charge in [-0.25, -0.2) is 4.98 Å². The maximum absolute atomic E-state index is 12.6. The van der Waals surface area contributed by atoms with Crippen LogP contribution in [-0.4, -0.2) is 24.5 Å². The average Bonchev–Trinajstić information content (AvgIpc) is 2.63. The highest BCUT2D eigenvalue weighted by Gasteiger charge is 2.37. The van der Waals surface area contributed by atoms with Gasteiger partial charge in [0.05, 0.1) is 19.1 Å². The van der Waals surface area contributed by atoms with E-state index >= 15 is 0 Å². The summed E-state index contributed by atoms with van der Waals surface area (Å²) in [7, 11) is -1.92. The standard InChI is InChI=1S/C12H21F3N2OSi/c1-11(2,3)19(4,5)18-7-6-17-9-16-8-10(17)12(13,14)15/h8-9H,6-7H2,1-5H3. The van der Waals surface area contributed by atoms with E-state index in [0.717, 1.165) is 10.8 Å². The largest absolute Gasteiger partial charge is 0.432 e. The Balaban J connectivity index is 2.63. The van der Waals surface area contributed by atoms with E-state index in [4.69, 9.17) is 4.43 Å². The number of nitrogens with zero attached hydrogens (tertiary/aromatic N) is 2. The lowest BCUT2D eigenvalue weighted by Gasteiger charge is -2.36. The first-order chi connectivity index (χ1) is 8.45. The van der Waals surface area contributed by atoms with Crippen molar-refractivity contribution in [2.75, 3.05) is 6.61 Å². The van der Waals surface area contributed by atoms with Crippen molar-refractivity contribution in [3.05, 3.63) is 18.2 Å². The molecule has 1 aromatic rings. The predicted molar refractivity (Wildman–Crippen MR) is 70.4 cm³/mol. The molecule has 0 aliphatic heterocycles. The summed E-state index contributed by atoms with van der Waals surface area (Å²) in [4.78, 5) is 3.55. The number of imidazole rings is 1. The maximum atomic E-state index is 12.6. The molecule has 1 aromatic heterocycles. The predicted octanol–water partition coefficient (Wildman–Crippen LogP) is 3.92. The Morgan fingerprint density at radius 3 is 2.32 bits per heavy atom. The van der Waals surface area contributed by atoms with Gasteiger partial charge in [-0.05, 0) is 18.1 Å². The summed E-state index contributed by atoms with van der Waals surface area (Å²) in [6, 6.07) is 0. The zero-order chi connectivity index (χ0) is 14.9. The fourth-order valence-electron chi connectivity index (χ4n) is 1.35. The molecule has 19 heavy (non-hydrogen) atoms. The highest BCUT2D eigenvalue weighted by molar-refractivity contribution is 6.74. The Hall–Kier alpha value is -0.823. The van der Waals surface area contributed by atoms with Crippen molar-refractivity contribution >= 4 is 8.32 Å². The number of hydrogen-bond donors (Lipinski definition) is 0. The Labute approximate surface area is 112 Å². The van der Waals surface area contributed by atoms with Crippen LogP contribution in [0.2, 0.25) is 18.1 Å². The van der Waals surface area contributed by atoms with Crippen molar-refractivity contribution in [1.82, 2.24) is 9.55 Å². The van der Waals surface area contributed by atoms with Gasteiger partial charge in [-0.2, -0.15) is 13.2 Å². The van der Waals surface area contributed by atoms with E-state index in [9.17, 15) is 13.2 Å². The molecular formula is C12H21F3N2OSi. The van der Waals surface area contributed by atoms with Crippen LogP contribution in [0, 0.1) is 0 Å². The Morgan fingerprint density at radius 2 is 1.84 bits per heavy atom. The summed E-state index contributed by atoms with van der Waals surface area (Å²) in [6.07, 6.45) is -2.34. The summed E-state index contributed by atoms with van der Waals surface area (Å²) < 4.78 is 44.9. The SMILES string of the molecule is CC(C)(C)[Si](C)(C)OCCn1cncc1C(F)(F)F. The summed E-state index contributed by atoms with van der Waals surface area (Å²) in [5.74, 6) is 0. The van der Waals surface area contributed by atoms with Gasteiger partial charge in [-0.1, -0.05) is 20.8 Å². The van der Waals surface area contributed by atoms with Gasteiger partial charge in [-0.3, -0.25) is 0 Å². The molecule has 0 saturated carbocycles. The number of halogens is 3. The molecule has 0 amide bonds. The first-order valence-corrected chi connectivity index (χ1v) is 9.07.